The van der Waals surface area contributed by atoms with Crippen LogP contribution >= 0.6 is 22.9 Å². The Morgan fingerprint density at radius 1 is 1.00 bits per heavy atom. The van der Waals surface area contributed by atoms with Gasteiger partial charge in [0.25, 0.3) is 0 Å². The number of aryl methyl sites for hydroxylation is 1. The standard InChI is InChI=1S/C30H26ClF3N4OS2/c1-19-2-4-21(5-3-19)28-36-25-11-8-22(27(29-35-14-17-40-29)20-6-9-23(31)10-7-20)18-26(25)38(28)24-12-15-37(16-13-24)41(39)30(32,33)34/h2-11,14,17-18,24,27H,12-13,15-16H2,1H3. The van der Waals surface area contributed by atoms with Gasteiger partial charge in [-0.3, -0.25) is 0 Å². The highest BCUT2D eigenvalue weighted by Gasteiger charge is 2.42. The van der Waals surface area contributed by atoms with Gasteiger partial charge in [-0.2, -0.15) is 13.2 Å². The molecule has 1 saturated heterocycles. The lowest BCUT2D eigenvalue weighted by atomic mass is 9.91. The van der Waals surface area contributed by atoms with Gasteiger partial charge in [-0.25, -0.2) is 18.5 Å². The van der Waals surface area contributed by atoms with E-state index in [-0.39, 0.29) is 25.0 Å². The first-order valence-corrected chi connectivity index (χ1v) is 15.5. The van der Waals surface area contributed by atoms with E-state index in [9.17, 15) is 17.4 Å². The summed E-state index contributed by atoms with van der Waals surface area (Å²) < 4.78 is 54.7. The Bertz CT molecular complexity index is 1680. The van der Waals surface area contributed by atoms with Crippen LogP contribution in [-0.2, 0) is 11.0 Å². The predicted molar refractivity (Wildman–Crippen MR) is 158 cm³/mol. The van der Waals surface area contributed by atoms with Gasteiger partial charge >= 0.3 is 5.51 Å². The van der Waals surface area contributed by atoms with E-state index < -0.39 is 16.5 Å². The molecule has 2 atom stereocenters. The van der Waals surface area contributed by atoms with Crippen LogP contribution in [-0.4, -0.2) is 41.6 Å². The molecule has 2 aromatic heterocycles. The highest BCUT2D eigenvalue weighted by molar-refractivity contribution is 7.83. The van der Waals surface area contributed by atoms with E-state index in [0.29, 0.717) is 17.9 Å². The Morgan fingerprint density at radius 3 is 2.32 bits per heavy atom. The fourth-order valence-corrected chi connectivity index (χ4v) is 7.24. The van der Waals surface area contributed by atoms with Gasteiger partial charge in [-0.1, -0.05) is 59.6 Å². The molecular formula is C30H26ClF3N4OS2. The van der Waals surface area contributed by atoms with Crippen molar-refractivity contribution in [1.82, 2.24) is 18.8 Å². The molecule has 5 aromatic rings. The molecule has 0 saturated carbocycles. The van der Waals surface area contributed by atoms with Crippen LogP contribution in [0.15, 0.2) is 78.3 Å². The number of aromatic nitrogens is 3. The number of thiazole rings is 1. The average molecular weight is 615 g/mol. The lowest BCUT2D eigenvalue weighted by Crippen LogP contribution is -2.41. The molecule has 0 bridgehead atoms. The van der Waals surface area contributed by atoms with Crippen molar-refractivity contribution >= 4 is 45.0 Å². The van der Waals surface area contributed by atoms with Crippen molar-refractivity contribution in [2.75, 3.05) is 13.1 Å². The summed E-state index contributed by atoms with van der Waals surface area (Å²) in [5.74, 6) is 0.642. The van der Waals surface area contributed by atoms with Crippen LogP contribution in [0.5, 0.6) is 0 Å². The molecule has 0 aliphatic carbocycles. The lowest BCUT2D eigenvalue weighted by Gasteiger charge is -2.33. The van der Waals surface area contributed by atoms with Crippen molar-refractivity contribution in [3.8, 4) is 11.4 Å². The second kappa shape index (κ2) is 11.3. The second-order valence-corrected chi connectivity index (χ2v) is 13.0. The number of halogens is 4. The summed E-state index contributed by atoms with van der Waals surface area (Å²) in [7, 11) is -3.01. The van der Waals surface area contributed by atoms with Gasteiger partial charge < -0.3 is 4.57 Å². The van der Waals surface area contributed by atoms with Crippen LogP contribution in [0.4, 0.5) is 13.2 Å². The van der Waals surface area contributed by atoms with Gasteiger partial charge in [-0.05, 0) is 55.2 Å². The summed E-state index contributed by atoms with van der Waals surface area (Å²) >= 11 is 7.77. The number of hydrogen-bond donors (Lipinski definition) is 0. The first-order chi connectivity index (χ1) is 19.7. The molecule has 2 unspecified atom stereocenters. The summed E-state index contributed by atoms with van der Waals surface area (Å²) in [5, 5.41) is 3.55. The molecule has 212 valence electrons. The maximum absolute atomic E-state index is 13.2. The fourth-order valence-electron chi connectivity index (χ4n) is 5.49. The Kier molecular flexibility index (Phi) is 7.76. The van der Waals surface area contributed by atoms with Crippen LogP contribution in [0.2, 0.25) is 5.02 Å². The number of benzene rings is 3. The van der Waals surface area contributed by atoms with Crippen molar-refractivity contribution < 1.29 is 17.4 Å². The predicted octanol–water partition coefficient (Wildman–Crippen LogP) is 8.12. The summed E-state index contributed by atoms with van der Waals surface area (Å²) in [6, 6.07) is 21.9. The van der Waals surface area contributed by atoms with E-state index in [1.54, 1.807) is 17.5 Å². The van der Waals surface area contributed by atoms with Crippen molar-refractivity contribution in [3.05, 3.63) is 105 Å². The molecule has 0 spiro atoms. The normalized spacial score (nSPS) is 16.7. The zero-order valence-electron chi connectivity index (χ0n) is 22.0. The highest BCUT2D eigenvalue weighted by Crippen LogP contribution is 2.39. The molecule has 3 aromatic carbocycles. The first kappa shape index (κ1) is 28.1. The van der Waals surface area contributed by atoms with Crippen molar-refractivity contribution in [2.45, 2.75) is 37.2 Å². The van der Waals surface area contributed by atoms with Crippen molar-refractivity contribution in [2.24, 2.45) is 0 Å². The summed E-state index contributed by atoms with van der Waals surface area (Å²) in [6.07, 6.45) is 2.63. The van der Waals surface area contributed by atoms with Crippen LogP contribution < -0.4 is 0 Å². The van der Waals surface area contributed by atoms with Crippen LogP contribution in [0, 0.1) is 6.92 Å². The second-order valence-electron chi connectivity index (χ2n) is 10.1. The molecule has 3 heterocycles. The Labute approximate surface area is 247 Å². The zero-order valence-corrected chi connectivity index (χ0v) is 24.4. The molecule has 6 rings (SSSR count). The van der Waals surface area contributed by atoms with Gasteiger partial charge in [0.15, 0.2) is 0 Å². The smallest absolute Gasteiger partial charge is 0.321 e. The third kappa shape index (κ3) is 5.70. The fraction of sp³-hybridized carbons (Fsp3) is 0.267. The maximum atomic E-state index is 13.2. The van der Waals surface area contributed by atoms with E-state index in [2.05, 4.69) is 21.7 Å². The SMILES string of the molecule is Cc1ccc(-c2nc3ccc(C(c4ccc(Cl)cc4)c4nccs4)cc3n2C2CCN(S(=O)C(F)(F)F)CC2)cc1. The molecule has 1 fully saturated rings. The van der Waals surface area contributed by atoms with Crippen molar-refractivity contribution in [1.29, 1.82) is 0 Å². The molecule has 11 heteroatoms. The number of rotatable bonds is 6. The van der Waals surface area contributed by atoms with E-state index in [0.717, 1.165) is 48.4 Å². The Morgan fingerprint density at radius 2 is 1.68 bits per heavy atom. The minimum atomic E-state index is -4.76. The quantitative estimate of drug-likeness (QED) is 0.194. The van der Waals surface area contributed by atoms with Gasteiger partial charge in [0.2, 0.25) is 11.0 Å². The molecule has 0 N–H and O–H groups in total. The summed E-state index contributed by atoms with van der Waals surface area (Å²) in [4.78, 5) is 9.63. The van der Waals surface area contributed by atoms with Gasteiger partial charge in [0.05, 0.1) is 17.0 Å². The number of nitrogens with zero attached hydrogens (tertiary/aromatic N) is 4. The van der Waals surface area contributed by atoms with Crippen LogP contribution in [0.25, 0.3) is 22.4 Å². The number of imidazole rings is 1. The average Bonchev–Trinajstić information content (AvgIpc) is 3.62. The number of piperidine rings is 1. The molecule has 0 amide bonds. The highest BCUT2D eigenvalue weighted by atomic mass is 35.5. The molecule has 1 aliphatic heterocycles. The van der Waals surface area contributed by atoms with E-state index in [4.69, 9.17) is 16.6 Å². The number of hydrogen-bond acceptors (Lipinski definition) is 4. The largest absolute Gasteiger partial charge is 0.485 e. The zero-order chi connectivity index (χ0) is 28.7. The minimum absolute atomic E-state index is 0.0794. The van der Waals surface area contributed by atoms with Gasteiger partial charge in [-0.15, -0.1) is 11.3 Å². The Balaban J connectivity index is 1.46. The molecule has 5 nitrogen and oxygen atoms in total. The topological polar surface area (TPSA) is 51.0 Å². The third-order valence-electron chi connectivity index (χ3n) is 7.48. The van der Waals surface area contributed by atoms with Gasteiger partial charge in [0.1, 0.15) is 10.8 Å². The molecule has 0 radical (unpaired) electrons. The summed E-state index contributed by atoms with van der Waals surface area (Å²) in [6.45, 7) is 2.18. The molecule has 41 heavy (non-hydrogen) atoms. The maximum Gasteiger partial charge on any atom is 0.485 e. The number of alkyl halides is 3. The summed E-state index contributed by atoms with van der Waals surface area (Å²) in [5.41, 5.74) is 1.09. The van der Waals surface area contributed by atoms with E-state index >= 15 is 0 Å². The Hall–Kier alpha value is -3.05. The van der Waals surface area contributed by atoms with Crippen LogP contribution in [0.1, 0.15) is 46.5 Å². The van der Waals surface area contributed by atoms with Gasteiger partial charge in [0, 0.05) is 41.3 Å². The lowest BCUT2D eigenvalue weighted by molar-refractivity contribution is -0.0434. The third-order valence-corrected chi connectivity index (χ3v) is 9.80. The van der Waals surface area contributed by atoms with E-state index in [1.165, 1.54) is 0 Å². The minimum Gasteiger partial charge on any atom is -0.321 e. The monoisotopic (exact) mass is 614 g/mol. The number of fused-ring (bicyclic) bond motifs is 1. The van der Waals surface area contributed by atoms with Crippen molar-refractivity contribution in [3.63, 3.8) is 0 Å². The first-order valence-electron chi connectivity index (χ1n) is 13.2. The van der Waals surface area contributed by atoms with E-state index in [1.807, 2.05) is 66.9 Å². The molecular weight excluding hydrogens is 589 g/mol. The van der Waals surface area contributed by atoms with Crippen LogP contribution in [0.3, 0.4) is 0 Å². The molecule has 1 aliphatic rings.